The molecule has 3 rings (SSSR count). The van der Waals surface area contributed by atoms with Crippen LogP contribution in [0.5, 0.6) is 0 Å². The Labute approximate surface area is 123 Å². The van der Waals surface area contributed by atoms with E-state index in [1.807, 2.05) is 24.3 Å². The van der Waals surface area contributed by atoms with Crippen molar-refractivity contribution in [3.63, 3.8) is 0 Å². The lowest BCUT2D eigenvalue weighted by molar-refractivity contribution is 0.426. The Hall–Kier alpha value is -1.94. The van der Waals surface area contributed by atoms with Crippen LogP contribution in [0.25, 0.3) is 16.5 Å². The maximum atomic E-state index is 13.4. The molecule has 1 aromatic heterocycles. The monoisotopic (exact) mass is 333 g/mol. The normalized spacial score (nSPS) is 10.8. The van der Waals surface area contributed by atoms with Crippen LogP contribution in [0.15, 0.2) is 65.3 Å². The van der Waals surface area contributed by atoms with Gasteiger partial charge < -0.3 is 4.98 Å². The number of aromatic amines is 1. The third-order valence-electron chi connectivity index (χ3n) is 3.18. The van der Waals surface area contributed by atoms with Crippen molar-refractivity contribution in [1.29, 1.82) is 0 Å². The lowest BCUT2D eigenvalue weighted by Gasteiger charge is -2.06. The molecule has 100 valence electrons. The zero-order valence-corrected chi connectivity index (χ0v) is 11.9. The first kappa shape index (κ1) is 13.1. The van der Waals surface area contributed by atoms with Gasteiger partial charge in [0.2, 0.25) is 0 Å². The number of H-pyrrole nitrogens is 1. The molecule has 1 nitrogen and oxygen atoms in total. The fraction of sp³-hybridized carbons (Fsp3) is 0. The van der Waals surface area contributed by atoms with E-state index in [0.29, 0.717) is 11.1 Å². The van der Waals surface area contributed by atoms with Gasteiger partial charge in [0, 0.05) is 27.1 Å². The molecule has 0 spiro atoms. The Balaban J connectivity index is 2.22. The maximum absolute atomic E-state index is 13.4. The molecule has 0 unspecified atom stereocenters. The van der Waals surface area contributed by atoms with E-state index >= 15 is 0 Å². The molecule has 0 radical (unpaired) electrons. The minimum atomic E-state index is -1.68. The standard InChI is InChI=1S/C16H10BrF2N/c17-11-7-5-10(6-8-11)15(16(18)19)13-9-20-14-4-2-1-3-12(13)14/h1-9,20H. The summed E-state index contributed by atoms with van der Waals surface area (Å²) in [5.41, 5.74) is 1.83. The fourth-order valence-electron chi connectivity index (χ4n) is 2.26. The van der Waals surface area contributed by atoms with Gasteiger partial charge in [0.1, 0.15) is 0 Å². The van der Waals surface area contributed by atoms with Gasteiger partial charge in [-0.15, -0.1) is 0 Å². The van der Waals surface area contributed by atoms with Gasteiger partial charge in [-0.25, -0.2) is 0 Å². The van der Waals surface area contributed by atoms with Gasteiger partial charge in [0.25, 0.3) is 6.08 Å². The number of benzene rings is 2. The molecule has 0 saturated heterocycles. The zero-order valence-electron chi connectivity index (χ0n) is 10.3. The Morgan fingerprint density at radius 2 is 1.65 bits per heavy atom. The molecule has 1 N–H and O–H groups in total. The summed E-state index contributed by atoms with van der Waals surface area (Å²) in [6.07, 6.45) is -0.0571. The largest absolute Gasteiger partial charge is 0.361 e. The predicted molar refractivity (Wildman–Crippen MR) is 80.7 cm³/mol. The molecule has 0 saturated carbocycles. The minimum Gasteiger partial charge on any atom is -0.361 e. The Bertz CT molecular complexity index is 784. The summed E-state index contributed by atoms with van der Waals surface area (Å²) in [5.74, 6) is 0. The highest BCUT2D eigenvalue weighted by Crippen LogP contribution is 2.33. The van der Waals surface area contributed by atoms with Crippen LogP contribution in [-0.2, 0) is 0 Å². The van der Waals surface area contributed by atoms with Gasteiger partial charge in [-0.3, -0.25) is 0 Å². The Morgan fingerprint density at radius 3 is 2.35 bits per heavy atom. The average molecular weight is 334 g/mol. The Kier molecular flexibility index (Phi) is 3.40. The van der Waals surface area contributed by atoms with Crippen LogP contribution >= 0.6 is 15.9 Å². The quantitative estimate of drug-likeness (QED) is 0.629. The molecule has 0 atom stereocenters. The molecule has 20 heavy (non-hydrogen) atoms. The fourth-order valence-corrected chi connectivity index (χ4v) is 2.53. The number of nitrogens with one attached hydrogen (secondary N) is 1. The lowest BCUT2D eigenvalue weighted by Crippen LogP contribution is -1.88. The molecular weight excluding hydrogens is 324 g/mol. The number of fused-ring (bicyclic) bond motifs is 1. The molecule has 0 aliphatic heterocycles. The zero-order chi connectivity index (χ0) is 14.1. The van der Waals surface area contributed by atoms with E-state index in [9.17, 15) is 8.78 Å². The van der Waals surface area contributed by atoms with E-state index in [4.69, 9.17) is 0 Å². The summed E-state index contributed by atoms with van der Waals surface area (Å²) in [4.78, 5) is 3.03. The molecule has 3 aromatic rings. The smallest absolute Gasteiger partial charge is 0.278 e. The van der Waals surface area contributed by atoms with Crippen molar-refractivity contribution in [2.24, 2.45) is 0 Å². The van der Waals surface area contributed by atoms with E-state index < -0.39 is 6.08 Å². The van der Waals surface area contributed by atoms with Crippen LogP contribution in [0, 0.1) is 0 Å². The molecule has 0 fully saturated rings. The number of halogens is 3. The molecular formula is C16H10BrF2N. The summed E-state index contributed by atoms with van der Waals surface area (Å²) in [6.45, 7) is 0. The van der Waals surface area contributed by atoms with Crippen LogP contribution in [0.1, 0.15) is 11.1 Å². The number of para-hydroxylation sites is 1. The van der Waals surface area contributed by atoms with Gasteiger partial charge in [0.15, 0.2) is 0 Å². The highest BCUT2D eigenvalue weighted by molar-refractivity contribution is 9.10. The molecule has 0 amide bonds. The van der Waals surface area contributed by atoms with Gasteiger partial charge in [-0.1, -0.05) is 46.3 Å². The van der Waals surface area contributed by atoms with Crippen molar-refractivity contribution in [3.05, 3.63) is 76.4 Å². The van der Waals surface area contributed by atoms with Gasteiger partial charge >= 0.3 is 0 Å². The topological polar surface area (TPSA) is 15.8 Å². The molecule has 0 aliphatic rings. The second-order valence-electron chi connectivity index (χ2n) is 4.39. The third kappa shape index (κ3) is 2.27. The van der Waals surface area contributed by atoms with Crippen molar-refractivity contribution < 1.29 is 8.78 Å². The van der Waals surface area contributed by atoms with Crippen LogP contribution in [0.3, 0.4) is 0 Å². The van der Waals surface area contributed by atoms with Gasteiger partial charge in [0.05, 0.1) is 5.57 Å². The Morgan fingerprint density at radius 1 is 0.950 bits per heavy atom. The first-order chi connectivity index (χ1) is 9.66. The van der Waals surface area contributed by atoms with Gasteiger partial charge in [-0.2, -0.15) is 8.78 Å². The van der Waals surface area contributed by atoms with Gasteiger partial charge in [-0.05, 0) is 23.8 Å². The van der Waals surface area contributed by atoms with E-state index in [0.717, 1.165) is 15.4 Å². The second kappa shape index (κ2) is 5.21. The number of aromatic nitrogens is 1. The van der Waals surface area contributed by atoms with E-state index in [2.05, 4.69) is 20.9 Å². The molecule has 0 aliphatic carbocycles. The SMILES string of the molecule is FC(F)=C(c1ccc(Br)cc1)c1c[nH]c2ccccc12. The number of rotatable bonds is 2. The highest BCUT2D eigenvalue weighted by Gasteiger charge is 2.16. The molecule has 0 bridgehead atoms. The van der Waals surface area contributed by atoms with Crippen LogP contribution in [-0.4, -0.2) is 4.98 Å². The van der Waals surface area contributed by atoms with Crippen molar-refractivity contribution in [1.82, 2.24) is 4.98 Å². The van der Waals surface area contributed by atoms with Crippen LogP contribution in [0.4, 0.5) is 8.78 Å². The highest BCUT2D eigenvalue weighted by atomic mass is 79.9. The van der Waals surface area contributed by atoms with Crippen molar-refractivity contribution in [3.8, 4) is 0 Å². The lowest BCUT2D eigenvalue weighted by atomic mass is 9.98. The van der Waals surface area contributed by atoms with Crippen LogP contribution < -0.4 is 0 Å². The molecule has 4 heteroatoms. The first-order valence-corrected chi connectivity index (χ1v) is 6.84. The predicted octanol–water partition coefficient (Wildman–Crippen LogP) is 5.59. The summed E-state index contributed by atoms with van der Waals surface area (Å²) >= 11 is 3.31. The third-order valence-corrected chi connectivity index (χ3v) is 3.71. The van der Waals surface area contributed by atoms with Crippen molar-refractivity contribution in [2.75, 3.05) is 0 Å². The molecule has 1 heterocycles. The summed E-state index contributed by atoms with van der Waals surface area (Å²) in [6, 6.07) is 14.3. The van der Waals surface area contributed by atoms with E-state index in [1.165, 1.54) is 0 Å². The second-order valence-corrected chi connectivity index (χ2v) is 5.31. The van der Waals surface area contributed by atoms with Crippen LogP contribution in [0.2, 0.25) is 0 Å². The van der Waals surface area contributed by atoms with Crippen molar-refractivity contribution in [2.45, 2.75) is 0 Å². The summed E-state index contributed by atoms with van der Waals surface area (Å²) in [7, 11) is 0. The number of hydrogen-bond acceptors (Lipinski definition) is 0. The minimum absolute atomic E-state index is 0.0325. The number of hydrogen-bond donors (Lipinski definition) is 1. The molecule has 2 aromatic carbocycles. The first-order valence-electron chi connectivity index (χ1n) is 6.04. The van der Waals surface area contributed by atoms with Crippen molar-refractivity contribution >= 4 is 32.4 Å². The summed E-state index contributed by atoms with van der Waals surface area (Å²) in [5, 5.41) is 0.790. The summed E-state index contributed by atoms with van der Waals surface area (Å²) < 4.78 is 27.7. The maximum Gasteiger partial charge on any atom is 0.278 e. The average Bonchev–Trinajstić information content (AvgIpc) is 2.85. The van der Waals surface area contributed by atoms with E-state index in [1.54, 1.807) is 30.5 Å². The van der Waals surface area contributed by atoms with E-state index in [-0.39, 0.29) is 5.57 Å².